The molecule has 0 radical (unpaired) electrons. The van der Waals surface area contributed by atoms with Gasteiger partial charge in [0.2, 0.25) is 0 Å². The molecule has 1 nitrogen and oxygen atoms in total. The number of alkyl halides is 4. The van der Waals surface area contributed by atoms with Gasteiger partial charge in [0.25, 0.3) is 0 Å². The summed E-state index contributed by atoms with van der Waals surface area (Å²) in [5, 5.41) is 0.162. The molecule has 0 aromatic carbocycles. The van der Waals surface area contributed by atoms with Crippen LogP contribution in [0, 0.1) is 6.92 Å². The molecule has 0 atom stereocenters. The minimum absolute atomic E-state index is 0.162. The molecule has 1 aromatic heterocycles. The van der Waals surface area contributed by atoms with Crippen LogP contribution in [0.15, 0.2) is 12.1 Å². The summed E-state index contributed by atoms with van der Waals surface area (Å²) in [5.41, 5.74) is -0.264. The molecule has 0 aliphatic heterocycles. The molecule has 0 unspecified atom stereocenters. The lowest BCUT2D eigenvalue weighted by molar-refractivity contribution is -0.141. The van der Waals surface area contributed by atoms with Gasteiger partial charge < -0.3 is 0 Å². The quantitative estimate of drug-likeness (QED) is 0.700. The zero-order valence-electron chi connectivity index (χ0n) is 6.82. The molecule has 0 amide bonds. The van der Waals surface area contributed by atoms with Crippen LogP contribution in [0.5, 0.6) is 0 Å². The van der Waals surface area contributed by atoms with Crippen LogP contribution in [0.1, 0.15) is 17.0 Å². The van der Waals surface area contributed by atoms with Crippen LogP contribution in [-0.2, 0) is 11.5 Å². The molecule has 0 aliphatic rings. The van der Waals surface area contributed by atoms with Gasteiger partial charge in [0.05, 0.1) is 0 Å². The minimum atomic E-state index is -4.37. The van der Waals surface area contributed by atoms with Gasteiger partial charge >= 0.3 is 6.18 Å². The van der Waals surface area contributed by atoms with E-state index in [2.05, 4.69) is 20.9 Å². The van der Waals surface area contributed by atoms with Crippen LogP contribution in [-0.4, -0.2) is 4.98 Å². The van der Waals surface area contributed by atoms with Crippen LogP contribution in [0.4, 0.5) is 13.2 Å². The third-order valence-electron chi connectivity index (χ3n) is 1.53. The van der Waals surface area contributed by atoms with E-state index in [1.54, 1.807) is 6.07 Å². The number of pyridine rings is 1. The van der Waals surface area contributed by atoms with E-state index in [4.69, 9.17) is 0 Å². The molecule has 0 aliphatic carbocycles. The topological polar surface area (TPSA) is 12.9 Å². The Kier molecular flexibility index (Phi) is 2.95. The van der Waals surface area contributed by atoms with E-state index in [1.807, 2.05) is 0 Å². The van der Waals surface area contributed by atoms with Gasteiger partial charge in [-0.15, -0.1) is 0 Å². The highest BCUT2D eigenvalue weighted by molar-refractivity contribution is 9.08. The van der Waals surface area contributed by atoms with Gasteiger partial charge in [-0.1, -0.05) is 22.0 Å². The standard InChI is InChI=1S/C8H7BrF3N/c1-5-2-3-6(4-9)7(13-5)8(10,11)12/h2-3H,4H2,1H3. The van der Waals surface area contributed by atoms with Crippen molar-refractivity contribution in [2.75, 3.05) is 0 Å². The first-order valence-electron chi connectivity index (χ1n) is 3.55. The Labute approximate surface area is 82.1 Å². The van der Waals surface area contributed by atoms with E-state index in [1.165, 1.54) is 13.0 Å². The number of hydrogen-bond acceptors (Lipinski definition) is 1. The Bertz CT molecular complexity index is 309. The lowest BCUT2D eigenvalue weighted by Crippen LogP contribution is -2.11. The van der Waals surface area contributed by atoms with Crippen LogP contribution in [0.3, 0.4) is 0 Å². The number of aromatic nitrogens is 1. The molecule has 1 rings (SSSR count). The number of rotatable bonds is 1. The van der Waals surface area contributed by atoms with Crippen molar-refractivity contribution in [3.63, 3.8) is 0 Å². The van der Waals surface area contributed by atoms with Crippen molar-refractivity contribution < 1.29 is 13.2 Å². The Balaban J connectivity index is 3.24. The molecule has 0 saturated carbocycles. The molecule has 1 heterocycles. The second kappa shape index (κ2) is 3.65. The third kappa shape index (κ3) is 2.43. The number of aryl methyl sites for hydroxylation is 1. The lowest BCUT2D eigenvalue weighted by atomic mass is 10.2. The molecule has 0 fully saturated rings. The summed E-state index contributed by atoms with van der Waals surface area (Å²) in [6, 6.07) is 2.99. The minimum Gasteiger partial charge on any atom is -0.248 e. The SMILES string of the molecule is Cc1ccc(CBr)c(C(F)(F)F)n1. The summed E-state index contributed by atoms with van der Waals surface area (Å²) in [5.74, 6) is 0. The van der Waals surface area contributed by atoms with Gasteiger partial charge in [-0.2, -0.15) is 13.2 Å². The first kappa shape index (κ1) is 10.5. The maximum Gasteiger partial charge on any atom is 0.433 e. The summed E-state index contributed by atoms with van der Waals surface area (Å²) in [6.07, 6.45) is -4.37. The summed E-state index contributed by atoms with van der Waals surface area (Å²) in [6.45, 7) is 1.53. The molecule has 0 N–H and O–H groups in total. The lowest BCUT2D eigenvalue weighted by Gasteiger charge is -2.10. The highest BCUT2D eigenvalue weighted by Crippen LogP contribution is 2.31. The summed E-state index contributed by atoms with van der Waals surface area (Å²) < 4.78 is 37.0. The second-order valence-corrected chi connectivity index (χ2v) is 3.15. The summed E-state index contributed by atoms with van der Waals surface area (Å²) >= 11 is 2.99. The maximum absolute atomic E-state index is 12.3. The molecular formula is C8H7BrF3N. The average molecular weight is 254 g/mol. The zero-order valence-corrected chi connectivity index (χ0v) is 8.41. The Morgan fingerprint density at radius 3 is 2.46 bits per heavy atom. The number of halogens is 4. The van der Waals surface area contributed by atoms with Gasteiger partial charge in [0.1, 0.15) is 5.69 Å². The van der Waals surface area contributed by atoms with Crippen LogP contribution < -0.4 is 0 Å². The smallest absolute Gasteiger partial charge is 0.248 e. The molecule has 5 heteroatoms. The highest BCUT2D eigenvalue weighted by atomic mass is 79.9. The van der Waals surface area contributed by atoms with E-state index in [9.17, 15) is 13.2 Å². The van der Waals surface area contributed by atoms with Gasteiger partial charge in [-0.05, 0) is 18.6 Å². The summed E-state index contributed by atoms with van der Waals surface area (Å²) in [7, 11) is 0. The van der Waals surface area contributed by atoms with Crippen LogP contribution in [0.2, 0.25) is 0 Å². The van der Waals surface area contributed by atoms with Gasteiger partial charge in [0.15, 0.2) is 0 Å². The molecular weight excluding hydrogens is 247 g/mol. The van der Waals surface area contributed by atoms with Gasteiger partial charge in [-0.25, -0.2) is 4.98 Å². The molecule has 1 aromatic rings. The molecule has 13 heavy (non-hydrogen) atoms. The number of hydrogen-bond donors (Lipinski definition) is 0. The van der Waals surface area contributed by atoms with E-state index in [0.29, 0.717) is 5.69 Å². The molecule has 72 valence electrons. The van der Waals surface area contributed by atoms with Crippen molar-refractivity contribution >= 4 is 15.9 Å². The van der Waals surface area contributed by atoms with Crippen molar-refractivity contribution in [3.8, 4) is 0 Å². The zero-order chi connectivity index (χ0) is 10.1. The van der Waals surface area contributed by atoms with Gasteiger partial charge in [-0.3, -0.25) is 0 Å². The van der Waals surface area contributed by atoms with E-state index in [0.717, 1.165) is 0 Å². The average Bonchev–Trinajstić information content (AvgIpc) is 2.03. The van der Waals surface area contributed by atoms with Crippen molar-refractivity contribution in [1.82, 2.24) is 4.98 Å². The fourth-order valence-corrected chi connectivity index (χ4v) is 1.39. The fourth-order valence-electron chi connectivity index (χ4n) is 0.939. The Morgan fingerprint density at radius 2 is 2.00 bits per heavy atom. The molecule has 0 saturated heterocycles. The van der Waals surface area contributed by atoms with Crippen molar-refractivity contribution in [1.29, 1.82) is 0 Å². The van der Waals surface area contributed by atoms with Crippen molar-refractivity contribution in [2.45, 2.75) is 18.4 Å². The first-order chi connectivity index (χ1) is 5.95. The summed E-state index contributed by atoms with van der Waals surface area (Å²) in [4.78, 5) is 3.46. The fraction of sp³-hybridized carbons (Fsp3) is 0.375. The normalized spacial score (nSPS) is 11.8. The highest BCUT2D eigenvalue weighted by Gasteiger charge is 2.34. The van der Waals surface area contributed by atoms with E-state index >= 15 is 0 Å². The van der Waals surface area contributed by atoms with E-state index in [-0.39, 0.29) is 10.9 Å². The Morgan fingerprint density at radius 1 is 1.38 bits per heavy atom. The maximum atomic E-state index is 12.3. The molecule has 0 bridgehead atoms. The van der Waals surface area contributed by atoms with E-state index < -0.39 is 11.9 Å². The first-order valence-corrected chi connectivity index (χ1v) is 4.67. The largest absolute Gasteiger partial charge is 0.433 e. The second-order valence-electron chi connectivity index (χ2n) is 2.59. The van der Waals surface area contributed by atoms with Crippen LogP contribution in [0.25, 0.3) is 0 Å². The Hall–Kier alpha value is -0.580. The number of nitrogens with zero attached hydrogens (tertiary/aromatic N) is 1. The van der Waals surface area contributed by atoms with Gasteiger partial charge in [0, 0.05) is 11.0 Å². The third-order valence-corrected chi connectivity index (χ3v) is 2.13. The monoisotopic (exact) mass is 253 g/mol. The van der Waals surface area contributed by atoms with Crippen LogP contribution >= 0.6 is 15.9 Å². The molecule has 0 spiro atoms. The predicted molar refractivity (Wildman–Crippen MR) is 46.6 cm³/mol. The predicted octanol–water partition coefficient (Wildman–Crippen LogP) is 3.30. The van der Waals surface area contributed by atoms with Crippen molar-refractivity contribution in [2.24, 2.45) is 0 Å². The van der Waals surface area contributed by atoms with Crippen molar-refractivity contribution in [3.05, 3.63) is 29.1 Å².